The molecule has 0 radical (unpaired) electrons. The van der Waals surface area contributed by atoms with Gasteiger partial charge >= 0.3 is 11.9 Å². The van der Waals surface area contributed by atoms with E-state index in [9.17, 15) is 9.59 Å². The first-order valence-electron chi connectivity index (χ1n) is 9.70. The monoisotopic (exact) mass is 362 g/mol. The van der Waals surface area contributed by atoms with E-state index < -0.39 is 5.97 Å². The van der Waals surface area contributed by atoms with Crippen molar-refractivity contribution in [3.05, 3.63) is 23.8 Å². The summed E-state index contributed by atoms with van der Waals surface area (Å²) in [4.78, 5) is 22.5. The predicted octanol–water partition coefficient (Wildman–Crippen LogP) is 5.14. The van der Waals surface area contributed by atoms with E-state index in [2.05, 4.69) is 27.4 Å². The summed E-state index contributed by atoms with van der Waals surface area (Å²) in [5.41, 5.74) is 2.30. The number of hydrogen-bond donors (Lipinski definition) is 1. The molecule has 0 saturated heterocycles. The van der Waals surface area contributed by atoms with Crippen LogP contribution in [0.5, 0.6) is 0 Å². The highest BCUT2D eigenvalue weighted by molar-refractivity contribution is 5.80. The highest BCUT2D eigenvalue weighted by atomic mass is 16.5. The molecule has 2 aliphatic carbocycles. The Labute approximate surface area is 157 Å². The second-order valence-electron chi connectivity index (χ2n) is 9.30. The molecule has 4 nitrogen and oxygen atoms in total. The van der Waals surface area contributed by atoms with Crippen LogP contribution in [0.3, 0.4) is 0 Å². The number of carbonyl (C=O) groups excluding carboxylic acids is 1. The molecule has 0 aromatic heterocycles. The van der Waals surface area contributed by atoms with Crippen LogP contribution in [-0.4, -0.2) is 23.1 Å². The number of fused-ring (bicyclic) bond motifs is 1. The average Bonchev–Trinajstić information content (AvgIpc) is 2.42. The van der Waals surface area contributed by atoms with E-state index >= 15 is 0 Å². The lowest BCUT2D eigenvalue weighted by atomic mass is 9.46. The molecule has 2 fully saturated rings. The molecule has 0 spiro atoms. The summed E-state index contributed by atoms with van der Waals surface area (Å²) in [5, 5.41) is 8.96. The lowest BCUT2D eigenvalue weighted by Gasteiger charge is -2.59. The Morgan fingerprint density at radius 1 is 1.27 bits per heavy atom. The fraction of sp³-hybridized carbons (Fsp3) is 0.727. The molecule has 0 aliphatic heterocycles. The first-order valence-corrected chi connectivity index (χ1v) is 9.70. The SMILES string of the molecule is C=C1CCC2C(C)(C)CC(OC(C)=O)CC2(C)C1CCC(C)=CC(=O)O. The fourth-order valence-corrected chi connectivity index (χ4v) is 5.91. The maximum absolute atomic E-state index is 11.5. The highest BCUT2D eigenvalue weighted by Crippen LogP contribution is 2.62. The Morgan fingerprint density at radius 3 is 2.50 bits per heavy atom. The van der Waals surface area contributed by atoms with Gasteiger partial charge in [-0.25, -0.2) is 4.79 Å². The van der Waals surface area contributed by atoms with Crippen molar-refractivity contribution in [2.75, 3.05) is 0 Å². The molecule has 26 heavy (non-hydrogen) atoms. The fourth-order valence-electron chi connectivity index (χ4n) is 5.91. The van der Waals surface area contributed by atoms with Crippen molar-refractivity contribution in [1.29, 1.82) is 0 Å². The first kappa shape index (κ1) is 20.7. The molecule has 0 bridgehead atoms. The molecule has 4 unspecified atom stereocenters. The van der Waals surface area contributed by atoms with Gasteiger partial charge in [-0.1, -0.05) is 38.5 Å². The summed E-state index contributed by atoms with van der Waals surface area (Å²) in [6.45, 7) is 14.7. The number of esters is 1. The molecule has 0 aromatic carbocycles. The Bertz CT molecular complexity index is 616. The van der Waals surface area contributed by atoms with Crippen LogP contribution in [0, 0.1) is 22.7 Å². The van der Waals surface area contributed by atoms with E-state index in [4.69, 9.17) is 9.84 Å². The standard InChI is InChI=1S/C22H34O4/c1-14(11-20(24)25)7-9-18-15(2)8-10-19-21(4,5)12-17(26-16(3)23)13-22(18,19)6/h11,17-19H,2,7-10,12-13H2,1,3-6H3,(H,24,25). The highest BCUT2D eigenvalue weighted by Gasteiger charge is 2.55. The second kappa shape index (κ2) is 7.58. The van der Waals surface area contributed by atoms with Crippen LogP contribution in [-0.2, 0) is 14.3 Å². The van der Waals surface area contributed by atoms with Crippen molar-refractivity contribution in [3.63, 3.8) is 0 Å². The van der Waals surface area contributed by atoms with Crippen LogP contribution in [0.15, 0.2) is 23.8 Å². The number of carboxylic acids is 1. The average molecular weight is 363 g/mol. The summed E-state index contributed by atoms with van der Waals surface area (Å²) in [5.74, 6) is -0.209. The smallest absolute Gasteiger partial charge is 0.328 e. The summed E-state index contributed by atoms with van der Waals surface area (Å²) < 4.78 is 5.65. The minimum atomic E-state index is -0.886. The third-order valence-electron chi connectivity index (χ3n) is 6.73. The summed E-state index contributed by atoms with van der Waals surface area (Å²) in [6, 6.07) is 0. The van der Waals surface area contributed by atoms with Gasteiger partial charge in [-0.05, 0) is 68.1 Å². The number of ether oxygens (including phenoxy) is 1. The molecular formula is C22H34O4. The van der Waals surface area contributed by atoms with Gasteiger partial charge in [0.1, 0.15) is 6.10 Å². The maximum Gasteiger partial charge on any atom is 0.328 e. The van der Waals surface area contributed by atoms with Crippen LogP contribution in [0.2, 0.25) is 0 Å². The summed E-state index contributed by atoms with van der Waals surface area (Å²) in [7, 11) is 0. The summed E-state index contributed by atoms with van der Waals surface area (Å²) in [6.07, 6.45) is 6.87. The number of rotatable bonds is 5. The molecule has 2 rings (SSSR count). The van der Waals surface area contributed by atoms with Crippen molar-refractivity contribution in [2.24, 2.45) is 22.7 Å². The number of carboxylic acid groups (broad SMARTS) is 1. The van der Waals surface area contributed by atoms with Crippen LogP contribution in [0.4, 0.5) is 0 Å². The van der Waals surface area contributed by atoms with Gasteiger partial charge in [-0.15, -0.1) is 0 Å². The third-order valence-corrected chi connectivity index (χ3v) is 6.73. The van der Waals surface area contributed by atoms with Crippen molar-refractivity contribution < 1.29 is 19.4 Å². The van der Waals surface area contributed by atoms with E-state index in [1.807, 2.05) is 6.92 Å². The lowest BCUT2D eigenvalue weighted by molar-refractivity contribution is -0.163. The van der Waals surface area contributed by atoms with Gasteiger partial charge in [0.25, 0.3) is 0 Å². The predicted molar refractivity (Wildman–Crippen MR) is 103 cm³/mol. The normalized spacial score (nSPS) is 34.1. The summed E-state index contributed by atoms with van der Waals surface area (Å²) >= 11 is 0. The second-order valence-corrected chi connectivity index (χ2v) is 9.30. The Balaban J connectivity index is 2.27. The molecule has 146 valence electrons. The van der Waals surface area contributed by atoms with Crippen molar-refractivity contribution in [3.8, 4) is 0 Å². The van der Waals surface area contributed by atoms with Crippen LogP contribution < -0.4 is 0 Å². The Kier molecular flexibility index (Phi) is 6.04. The number of aliphatic carboxylic acids is 1. The van der Waals surface area contributed by atoms with E-state index in [0.717, 1.165) is 44.1 Å². The van der Waals surface area contributed by atoms with Gasteiger partial charge in [-0.3, -0.25) is 4.79 Å². The molecule has 0 aromatic rings. The van der Waals surface area contributed by atoms with Crippen molar-refractivity contribution >= 4 is 11.9 Å². The van der Waals surface area contributed by atoms with E-state index in [-0.39, 0.29) is 22.9 Å². The van der Waals surface area contributed by atoms with Crippen LogP contribution in [0.25, 0.3) is 0 Å². The van der Waals surface area contributed by atoms with E-state index in [1.54, 1.807) is 0 Å². The third kappa shape index (κ3) is 4.39. The minimum Gasteiger partial charge on any atom is -0.478 e. The zero-order valence-electron chi connectivity index (χ0n) is 16.9. The zero-order valence-corrected chi connectivity index (χ0v) is 16.9. The van der Waals surface area contributed by atoms with Gasteiger partial charge < -0.3 is 9.84 Å². The number of hydrogen-bond acceptors (Lipinski definition) is 3. The number of carbonyl (C=O) groups is 2. The molecule has 1 N–H and O–H groups in total. The Morgan fingerprint density at radius 2 is 1.92 bits per heavy atom. The molecule has 2 saturated carbocycles. The van der Waals surface area contributed by atoms with E-state index in [0.29, 0.717) is 11.8 Å². The molecule has 4 heteroatoms. The topological polar surface area (TPSA) is 63.6 Å². The van der Waals surface area contributed by atoms with E-state index in [1.165, 1.54) is 18.6 Å². The molecule has 0 amide bonds. The minimum absolute atomic E-state index is 0.0285. The van der Waals surface area contributed by atoms with Gasteiger partial charge in [0, 0.05) is 13.0 Å². The van der Waals surface area contributed by atoms with Gasteiger partial charge in [0.05, 0.1) is 0 Å². The van der Waals surface area contributed by atoms with Crippen molar-refractivity contribution in [2.45, 2.75) is 79.2 Å². The lowest BCUT2D eigenvalue weighted by Crippen LogP contribution is -2.53. The molecular weight excluding hydrogens is 328 g/mol. The molecule has 0 heterocycles. The van der Waals surface area contributed by atoms with Gasteiger partial charge in [0.15, 0.2) is 0 Å². The van der Waals surface area contributed by atoms with Crippen LogP contribution in [0.1, 0.15) is 73.1 Å². The van der Waals surface area contributed by atoms with Gasteiger partial charge in [0.2, 0.25) is 0 Å². The quantitative estimate of drug-likeness (QED) is 0.418. The van der Waals surface area contributed by atoms with Gasteiger partial charge in [-0.2, -0.15) is 0 Å². The maximum atomic E-state index is 11.5. The molecule has 2 aliphatic rings. The van der Waals surface area contributed by atoms with Crippen LogP contribution >= 0.6 is 0 Å². The first-order chi connectivity index (χ1) is 12.0. The molecule has 4 atom stereocenters. The van der Waals surface area contributed by atoms with Crippen molar-refractivity contribution in [1.82, 2.24) is 0 Å². The largest absolute Gasteiger partial charge is 0.478 e. The zero-order chi connectivity index (χ0) is 19.7. The Hall–Kier alpha value is -1.58. The number of allylic oxidation sites excluding steroid dienone is 2.